The Morgan fingerprint density at radius 1 is 0.943 bits per heavy atom. The normalized spacial score (nSPS) is 21.6. The van der Waals surface area contributed by atoms with Gasteiger partial charge in [0, 0.05) is 69.2 Å². The minimum absolute atomic E-state index is 0.0610. The molecule has 1 N–H and O–H groups in total. The fraction of sp³-hybridized carbons (Fsp3) is 0.472. The monoisotopic (exact) mass is 756 g/mol. The maximum absolute atomic E-state index is 15.3. The van der Waals surface area contributed by atoms with Crippen LogP contribution < -0.4 is 23.8 Å². The highest BCUT2D eigenvalue weighted by Gasteiger charge is 2.60. The van der Waals surface area contributed by atoms with Crippen LogP contribution in [0.3, 0.4) is 0 Å². The van der Waals surface area contributed by atoms with Gasteiger partial charge in [0.2, 0.25) is 5.88 Å². The van der Waals surface area contributed by atoms with Gasteiger partial charge in [-0.05, 0) is 50.1 Å². The summed E-state index contributed by atoms with van der Waals surface area (Å²) >= 11 is 0. The van der Waals surface area contributed by atoms with Crippen LogP contribution >= 0.6 is 0 Å². The molecule has 1 atom stereocenters. The quantitative estimate of drug-likeness (QED) is 0.327. The highest BCUT2D eigenvalue weighted by molar-refractivity contribution is 7.93. The van der Waals surface area contributed by atoms with E-state index in [4.69, 9.17) is 18.9 Å². The van der Waals surface area contributed by atoms with Crippen molar-refractivity contribution in [2.24, 2.45) is 0 Å². The molecule has 0 aliphatic carbocycles. The summed E-state index contributed by atoms with van der Waals surface area (Å²) in [5.74, 6) is -3.98. The van der Waals surface area contributed by atoms with E-state index in [-0.39, 0.29) is 35.1 Å². The van der Waals surface area contributed by atoms with Crippen LogP contribution in [0.4, 0.5) is 19.3 Å². The third-order valence-corrected chi connectivity index (χ3v) is 12.3. The number of amides is 3. The first-order valence-electron chi connectivity index (χ1n) is 17.6. The number of halogens is 2. The molecule has 3 aromatic rings. The maximum atomic E-state index is 15.3. The average Bonchev–Trinajstić information content (AvgIpc) is 3.38. The van der Waals surface area contributed by atoms with Crippen molar-refractivity contribution in [3.8, 4) is 17.4 Å². The lowest BCUT2D eigenvalue weighted by Crippen LogP contribution is -2.61. The molecule has 5 heterocycles. The lowest BCUT2D eigenvalue weighted by molar-refractivity contribution is -0.121. The van der Waals surface area contributed by atoms with Crippen LogP contribution in [0.1, 0.15) is 30.9 Å². The van der Waals surface area contributed by atoms with Crippen LogP contribution in [-0.4, -0.2) is 125 Å². The van der Waals surface area contributed by atoms with E-state index in [9.17, 15) is 13.2 Å². The molecule has 53 heavy (non-hydrogen) atoms. The molecule has 17 heteroatoms. The molecule has 0 radical (unpaired) electrons. The van der Waals surface area contributed by atoms with Gasteiger partial charge in [-0.15, -0.1) is 0 Å². The zero-order valence-electron chi connectivity index (χ0n) is 29.7. The molecular formula is C36H42F2N6O8S. The first-order chi connectivity index (χ1) is 25.5. The lowest BCUT2D eigenvalue weighted by Gasteiger charge is -2.46. The molecule has 14 nitrogen and oxygen atoms in total. The van der Waals surface area contributed by atoms with Gasteiger partial charge in [0.1, 0.15) is 16.4 Å². The number of urea groups is 1. The smallest absolute Gasteiger partial charge is 0.318 e. The Bertz CT molecular complexity index is 1990. The molecule has 0 spiro atoms. The van der Waals surface area contributed by atoms with Crippen LogP contribution in [0.5, 0.6) is 17.4 Å². The average molecular weight is 757 g/mol. The number of pyridine rings is 1. The molecule has 1 aromatic heterocycles. The zero-order valence-corrected chi connectivity index (χ0v) is 30.5. The number of methoxy groups -OCH3 is 2. The third-order valence-electron chi connectivity index (χ3n) is 10.6. The number of ether oxygens (including phenoxy) is 4. The molecule has 284 valence electrons. The number of carbonyl (C=O) groups is 2. The number of anilines is 1. The molecule has 7 rings (SSSR count). The first-order valence-corrected chi connectivity index (χ1v) is 19.0. The van der Waals surface area contributed by atoms with Gasteiger partial charge in [0.25, 0.3) is 15.9 Å². The number of rotatable bonds is 10. The summed E-state index contributed by atoms with van der Waals surface area (Å²) in [5.41, 5.74) is -3.29. The summed E-state index contributed by atoms with van der Waals surface area (Å²) < 4.78 is 81.6. The van der Waals surface area contributed by atoms with Crippen molar-refractivity contribution in [3.05, 3.63) is 71.4 Å². The van der Waals surface area contributed by atoms with E-state index in [2.05, 4.69) is 20.1 Å². The van der Waals surface area contributed by atoms with Crippen LogP contribution in [0.25, 0.3) is 0 Å². The van der Waals surface area contributed by atoms with Gasteiger partial charge >= 0.3 is 6.03 Å². The first kappa shape index (κ1) is 36.8. The van der Waals surface area contributed by atoms with Crippen molar-refractivity contribution >= 4 is 27.6 Å². The fourth-order valence-electron chi connectivity index (χ4n) is 7.66. The number of piperazine rings is 1. The summed E-state index contributed by atoms with van der Waals surface area (Å²) in [6, 6.07) is 8.27. The third kappa shape index (κ3) is 6.42. The predicted octanol–water partition coefficient (Wildman–Crippen LogP) is 2.95. The number of benzene rings is 2. The van der Waals surface area contributed by atoms with Gasteiger partial charge < -0.3 is 29.2 Å². The number of likely N-dealkylation sites (tertiary alicyclic amines) is 1. The molecule has 2 aromatic carbocycles. The van der Waals surface area contributed by atoms with Crippen molar-refractivity contribution < 1.29 is 45.7 Å². The largest absolute Gasteiger partial charge is 0.497 e. The van der Waals surface area contributed by atoms with E-state index in [0.717, 1.165) is 45.2 Å². The molecule has 4 aliphatic rings. The molecule has 0 unspecified atom stereocenters. The minimum Gasteiger partial charge on any atom is -0.497 e. The molecular weight excluding hydrogens is 714 g/mol. The molecule has 3 fully saturated rings. The second-order valence-electron chi connectivity index (χ2n) is 13.3. The van der Waals surface area contributed by atoms with Crippen molar-refractivity contribution in [1.82, 2.24) is 25.0 Å². The Morgan fingerprint density at radius 2 is 1.64 bits per heavy atom. The maximum Gasteiger partial charge on any atom is 0.318 e. The predicted molar refractivity (Wildman–Crippen MR) is 188 cm³/mol. The Morgan fingerprint density at radius 3 is 2.28 bits per heavy atom. The summed E-state index contributed by atoms with van der Waals surface area (Å²) in [4.78, 5) is 39.6. The van der Waals surface area contributed by atoms with Crippen LogP contribution in [0.15, 0.2) is 53.6 Å². The Labute approximate surface area is 306 Å². The van der Waals surface area contributed by atoms with E-state index >= 15 is 13.6 Å². The summed E-state index contributed by atoms with van der Waals surface area (Å²) in [6.45, 7) is 7.08. The number of nitrogens with zero attached hydrogens (tertiary/aromatic N) is 5. The van der Waals surface area contributed by atoms with Gasteiger partial charge in [-0.25, -0.2) is 27.0 Å². The highest BCUT2D eigenvalue weighted by Crippen LogP contribution is 2.50. The van der Waals surface area contributed by atoms with E-state index in [1.165, 1.54) is 55.6 Å². The van der Waals surface area contributed by atoms with E-state index < -0.39 is 49.7 Å². The summed E-state index contributed by atoms with van der Waals surface area (Å²) in [6.07, 6.45) is 3.41. The number of nitrogens with one attached hydrogen (secondary N) is 1. The molecule has 3 amide bonds. The second kappa shape index (κ2) is 14.7. The van der Waals surface area contributed by atoms with Gasteiger partial charge in [0.05, 0.1) is 51.3 Å². The molecule has 3 saturated heterocycles. The highest BCUT2D eigenvalue weighted by atomic mass is 32.2. The number of aromatic nitrogens is 1. The lowest BCUT2D eigenvalue weighted by atomic mass is 9.84. The SMILES string of the molecule is CCOc1ncccc1[C@]1(NC(=O)N2CCN(C3CCN(C4COC4)CC3)CC2)C(=O)N(S(=O)(=O)c2ccc(OC)cc2OC)c2cc(F)c(F)cc21. The van der Waals surface area contributed by atoms with E-state index in [1.54, 1.807) is 6.92 Å². The topological polar surface area (TPSA) is 143 Å². The number of hydrogen-bond donors (Lipinski definition) is 1. The van der Waals surface area contributed by atoms with Crippen molar-refractivity contribution in [3.63, 3.8) is 0 Å². The van der Waals surface area contributed by atoms with Crippen LogP contribution in [0.2, 0.25) is 0 Å². The van der Waals surface area contributed by atoms with Crippen molar-refractivity contribution in [1.29, 1.82) is 0 Å². The van der Waals surface area contributed by atoms with Gasteiger partial charge in [-0.1, -0.05) is 0 Å². The Kier molecular flexibility index (Phi) is 10.2. The van der Waals surface area contributed by atoms with Crippen molar-refractivity contribution in [2.45, 2.75) is 42.3 Å². The Balaban J connectivity index is 1.25. The minimum atomic E-state index is -4.92. The Hall–Kier alpha value is -4.58. The zero-order chi connectivity index (χ0) is 37.5. The number of fused-ring (bicyclic) bond motifs is 1. The van der Waals surface area contributed by atoms with Gasteiger partial charge in [-0.3, -0.25) is 14.6 Å². The second-order valence-corrected chi connectivity index (χ2v) is 15.1. The van der Waals surface area contributed by atoms with Crippen molar-refractivity contribution in [2.75, 3.05) is 77.6 Å². The summed E-state index contributed by atoms with van der Waals surface area (Å²) in [5, 5.41) is 2.79. The van der Waals surface area contributed by atoms with E-state index in [1.807, 2.05) is 0 Å². The molecule has 0 bridgehead atoms. The number of hydrogen-bond acceptors (Lipinski definition) is 11. The summed E-state index contributed by atoms with van der Waals surface area (Å²) in [7, 11) is -2.29. The fourth-order valence-corrected chi connectivity index (χ4v) is 9.26. The number of sulfonamides is 1. The van der Waals surface area contributed by atoms with Gasteiger partial charge in [-0.2, -0.15) is 4.31 Å². The number of carbonyl (C=O) groups excluding carboxylic acids is 2. The number of piperidine rings is 1. The van der Waals surface area contributed by atoms with Crippen LogP contribution in [0, 0.1) is 11.6 Å². The van der Waals surface area contributed by atoms with Crippen LogP contribution in [-0.2, 0) is 25.1 Å². The standard InChI is InChI=1S/C36H42F2N6O8S/c1-4-52-33-26(6-5-11-39-33)36(40-35(46)43-16-14-42(15-17-43)23-9-12-41(13-10-23)24-21-51-22-24)27-19-28(37)29(38)20-30(27)44(34(36)45)53(47,48)32-8-7-25(49-2)18-31(32)50-3/h5-8,11,18-20,23-24H,4,9-10,12-17,21-22H2,1-3H3,(H,40,46)/t36-/m1/s1. The van der Waals surface area contributed by atoms with E-state index in [0.29, 0.717) is 48.6 Å². The molecule has 4 aliphatic heterocycles. The van der Waals surface area contributed by atoms with Gasteiger partial charge in [0.15, 0.2) is 17.2 Å². The molecule has 0 saturated carbocycles.